The number of carbonyl (C=O) groups is 3. The summed E-state index contributed by atoms with van der Waals surface area (Å²) >= 11 is 0.878. The third kappa shape index (κ3) is 9.46. The molecule has 1 saturated heterocycles. The van der Waals surface area contributed by atoms with E-state index in [-0.39, 0.29) is 6.61 Å². The Kier molecular flexibility index (Phi) is 12.6. The average molecular weight is 541 g/mol. The third-order valence-electron chi connectivity index (χ3n) is 6.59. The van der Waals surface area contributed by atoms with Gasteiger partial charge in [-0.3, -0.25) is 14.6 Å². The van der Waals surface area contributed by atoms with Crippen molar-refractivity contribution in [2.75, 3.05) is 13.2 Å². The maximum Gasteiger partial charge on any atom is 0.424 e. The zero-order valence-corrected chi connectivity index (χ0v) is 23.5. The molecule has 2 aromatic rings. The number of unbranched alkanes of at least 4 members (excludes halogenated alkanes) is 7. The van der Waals surface area contributed by atoms with Crippen molar-refractivity contribution in [1.82, 2.24) is 9.88 Å². The van der Waals surface area contributed by atoms with Crippen molar-refractivity contribution in [3.63, 3.8) is 0 Å². The van der Waals surface area contributed by atoms with Crippen molar-refractivity contribution in [3.8, 4) is 5.75 Å². The lowest BCUT2D eigenvalue weighted by Gasteiger charge is -2.13. The van der Waals surface area contributed by atoms with Gasteiger partial charge in [0.2, 0.25) is 0 Å². The molecule has 0 N–H and O–H groups in total. The molecule has 0 bridgehead atoms. The van der Waals surface area contributed by atoms with Gasteiger partial charge in [-0.1, -0.05) is 77.0 Å². The van der Waals surface area contributed by atoms with E-state index in [0.717, 1.165) is 54.5 Å². The Labute approximate surface area is 230 Å². The minimum atomic E-state index is -0.861. The highest BCUT2D eigenvalue weighted by Gasteiger charge is 2.44. The summed E-state index contributed by atoms with van der Waals surface area (Å²) < 4.78 is 11.0. The van der Waals surface area contributed by atoms with Crippen LogP contribution in [0.2, 0.25) is 0 Å². The number of thioether (sulfide) groups is 1. The number of nitrogens with zero attached hydrogens (tertiary/aromatic N) is 2. The first-order chi connectivity index (χ1) is 18.5. The van der Waals surface area contributed by atoms with Gasteiger partial charge in [0.15, 0.2) is 0 Å². The van der Waals surface area contributed by atoms with Crippen LogP contribution >= 0.6 is 11.8 Å². The minimum Gasteiger partial charge on any atom is -0.493 e. The van der Waals surface area contributed by atoms with Gasteiger partial charge < -0.3 is 9.47 Å². The summed E-state index contributed by atoms with van der Waals surface area (Å²) in [7, 11) is 0. The molecule has 3 amide bonds. The zero-order chi connectivity index (χ0) is 27.2. The predicted molar refractivity (Wildman–Crippen MR) is 151 cm³/mol. The van der Waals surface area contributed by atoms with Crippen LogP contribution in [0.4, 0.5) is 9.59 Å². The number of carbonyl (C=O) groups excluding carboxylic acids is 3. The molecule has 206 valence electrons. The fourth-order valence-corrected chi connectivity index (χ4v) is 5.23. The predicted octanol–water partition coefficient (Wildman–Crippen LogP) is 7.15. The van der Waals surface area contributed by atoms with E-state index in [9.17, 15) is 14.4 Å². The normalized spacial score (nSPS) is 15.2. The second-order valence-electron chi connectivity index (χ2n) is 9.59. The molecule has 2 heterocycles. The molecule has 38 heavy (non-hydrogen) atoms. The Morgan fingerprint density at radius 3 is 2.24 bits per heavy atom. The standard InChI is InChI=1S/C30H40N2O5S/c1-3-5-6-7-8-9-10-11-19-37-29(34)32-28(33)27(38-30(32)35)21-24-13-16-26(17-14-24)36-20-18-25-15-12-23(4-2)22-31-25/h12-17,22,27H,3-11,18-21H2,1-2H3. The van der Waals surface area contributed by atoms with Crippen molar-refractivity contribution < 1.29 is 23.9 Å². The molecule has 0 radical (unpaired) electrons. The van der Waals surface area contributed by atoms with Crippen LogP contribution in [-0.4, -0.2) is 45.6 Å². The highest BCUT2D eigenvalue weighted by atomic mass is 32.2. The number of aromatic nitrogens is 1. The SMILES string of the molecule is CCCCCCCCCCOC(=O)N1C(=O)SC(Cc2ccc(OCCc3ccc(CC)cn3)cc2)C1=O. The van der Waals surface area contributed by atoms with Crippen LogP contribution in [0.5, 0.6) is 5.75 Å². The smallest absolute Gasteiger partial charge is 0.424 e. The maximum atomic E-state index is 12.8. The van der Waals surface area contributed by atoms with Gasteiger partial charge in [-0.25, -0.2) is 4.79 Å². The molecule has 1 aromatic carbocycles. The third-order valence-corrected chi connectivity index (χ3v) is 7.63. The Hall–Kier alpha value is -2.87. The number of aryl methyl sites for hydroxylation is 1. The lowest BCUT2D eigenvalue weighted by Crippen LogP contribution is -2.38. The summed E-state index contributed by atoms with van der Waals surface area (Å²) in [6.45, 7) is 5.04. The molecule has 0 saturated carbocycles. The highest BCUT2D eigenvalue weighted by Crippen LogP contribution is 2.30. The van der Waals surface area contributed by atoms with Crippen molar-refractivity contribution >= 4 is 29.0 Å². The second-order valence-corrected chi connectivity index (χ2v) is 10.7. The Morgan fingerprint density at radius 1 is 0.895 bits per heavy atom. The molecule has 0 aliphatic carbocycles. The van der Waals surface area contributed by atoms with Gasteiger partial charge in [-0.2, -0.15) is 4.90 Å². The number of hydrogen-bond acceptors (Lipinski definition) is 7. The first-order valence-electron chi connectivity index (χ1n) is 13.9. The van der Waals surface area contributed by atoms with Crippen molar-refractivity contribution in [3.05, 3.63) is 59.4 Å². The molecule has 1 aliphatic heterocycles. The number of ether oxygens (including phenoxy) is 2. The molecule has 1 unspecified atom stereocenters. The van der Waals surface area contributed by atoms with Crippen LogP contribution in [0, 0.1) is 0 Å². The summed E-state index contributed by atoms with van der Waals surface area (Å²) in [5, 5.41) is -1.21. The molecule has 1 atom stereocenters. The van der Waals surface area contributed by atoms with Crippen LogP contribution in [0.3, 0.4) is 0 Å². The van der Waals surface area contributed by atoms with Gasteiger partial charge >= 0.3 is 6.09 Å². The molecule has 0 spiro atoms. The Bertz CT molecular complexity index is 1030. The van der Waals surface area contributed by atoms with Crippen LogP contribution in [0.1, 0.15) is 82.0 Å². The second kappa shape index (κ2) is 16.2. The van der Waals surface area contributed by atoms with Gasteiger partial charge in [-0.05, 0) is 60.4 Å². The summed E-state index contributed by atoms with van der Waals surface area (Å²) in [6.07, 6.45) is 12.1. The number of amides is 3. The van der Waals surface area contributed by atoms with E-state index < -0.39 is 22.5 Å². The topological polar surface area (TPSA) is 85.8 Å². The number of imide groups is 3. The van der Waals surface area contributed by atoms with Crippen LogP contribution < -0.4 is 4.74 Å². The number of benzene rings is 1. The van der Waals surface area contributed by atoms with E-state index in [1.807, 2.05) is 36.5 Å². The molecule has 1 fully saturated rings. The van der Waals surface area contributed by atoms with E-state index in [0.29, 0.717) is 24.3 Å². The van der Waals surface area contributed by atoms with E-state index in [1.165, 1.54) is 37.7 Å². The van der Waals surface area contributed by atoms with E-state index >= 15 is 0 Å². The first-order valence-corrected chi connectivity index (χ1v) is 14.8. The quantitative estimate of drug-likeness (QED) is 0.209. The fourth-order valence-electron chi connectivity index (χ4n) is 4.23. The molecule has 1 aliphatic rings. The lowest BCUT2D eigenvalue weighted by molar-refractivity contribution is -0.125. The lowest BCUT2D eigenvalue weighted by atomic mass is 10.1. The molecule has 8 heteroatoms. The molecule has 7 nitrogen and oxygen atoms in total. The van der Waals surface area contributed by atoms with Crippen LogP contribution in [0.25, 0.3) is 0 Å². The average Bonchev–Trinajstić information content (AvgIpc) is 3.21. The van der Waals surface area contributed by atoms with Crippen molar-refractivity contribution in [2.24, 2.45) is 0 Å². The minimum absolute atomic E-state index is 0.224. The maximum absolute atomic E-state index is 12.8. The number of rotatable bonds is 16. The van der Waals surface area contributed by atoms with Crippen molar-refractivity contribution in [2.45, 2.75) is 89.7 Å². The van der Waals surface area contributed by atoms with Gasteiger partial charge in [0, 0.05) is 18.3 Å². The van der Waals surface area contributed by atoms with Gasteiger partial charge in [-0.15, -0.1) is 0 Å². The monoisotopic (exact) mass is 540 g/mol. The van der Waals surface area contributed by atoms with Crippen LogP contribution in [0.15, 0.2) is 42.6 Å². The van der Waals surface area contributed by atoms with Gasteiger partial charge in [0.1, 0.15) is 5.75 Å². The van der Waals surface area contributed by atoms with E-state index in [4.69, 9.17) is 9.47 Å². The Balaban J connectivity index is 1.36. The fraction of sp³-hybridized carbons (Fsp3) is 0.533. The van der Waals surface area contributed by atoms with E-state index in [2.05, 4.69) is 24.9 Å². The van der Waals surface area contributed by atoms with Gasteiger partial charge in [0.25, 0.3) is 11.1 Å². The molecule has 3 rings (SSSR count). The number of hydrogen-bond donors (Lipinski definition) is 0. The molecular weight excluding hydrogens is 500 g/mol. The summed E-state index contributed by atoms with van der Waals surface area (Å²) in [5.41, 5.74) is 3.09. The summed E-state index contributed by atoms with van der Waals surface area (Å²) in [6, 6.07) is 11.6. The van der Waals surface area contributed by atoms with E-state index in [1.54, 1.807) is 0 Å². The highest BCUT2D eigenvalue weighted by molar-refractivity contribution is 8.15. The largest absolute Gasteiger partial charge is 0.493 e. The first kappa shape index (κ1) is 29.7. The Morgan fingerprint density at radius 2 is 1.58 bits per heavy atom. The van der Waals surface area contributed by atoms with Gasteiger partial charge in [0.05, 0.1) is 18.5 Å². The molecular formula is C30H40N2O5S. The summed E-state index contributed by atoms with van der Waals surface area (Å²) in [5.74, 6) is 0.217. The zero-order valence-electron chi connectivity index (χ0n) is 22.7. The van der Waals surface area contributed by atoms with Crippen molar-refractivity contribution in [1.29, 1.82) is 0 Å². The number of pyridine rings is 1. The summed E-state index contributed by atoms with van der Waals surface area (Å²) in [4.78, 5) is 42.6. The van der Waals surface area contributed by atoms with Crippen LogP contribution in [-0.2, 0) is 28.8 Å². The molecule has 1 aromatic heterocycles.